The fourth-order valence-electron chi connectivity index (χ4n) is 3.54. The number of halogens is 1. The fraction of sp³-hybridized carbons (Fsp3) is 0.273. The van der Waals surface area contributed by atoms with Gasteiger partial charge in [0.25, 0.3) is 0 Å². The van der Waals surface area contributed by atoms with E-state index in [1.165, 1.54) is 22.5 Å². The monoisotopic (exact) mass is 382 g/mol. The highest BCUT2D eigenvalue weighted by Crippen LogP contribution is 2.43. The zero-order chi connectivity index (χ0) is 19.6. The van der Waals surface area contributed by atoms with Crippen LogP contribution in [0.4, 0.5) is 11.4 Å². The number of benzene rings is 2. The molecule has 0 radical (unpaired) electrons. The minimum absolute atomic E-state index is 0.324. The van der Waals surface area contributed by atoms with Crippen molar-refractivity contribution in [3.05, 3.63) is 82.5 Å². The summed E-state index contributed by atoms with van der Waals surface area (Å²) in [7, 11) is 8.18. The third kappa shape index (κ3) is 3.68. The highest BCUT2D eigenvalue weighted by atomic mass is 35.5. The van der Waals surface area contributed by atoms with Gasteiger partial charge in [0.05, 0.1) is 5.03 Å². The van der Waals surface area contributed by atoms with Gasteiger partial charge in [-0.15, -0.1) is 0 Å². The minimum atomic E-state index is -0.324. The molecule has 5 heteroatoms. The molecule has 0 atom stereocenters. The highest BCUT2D eigenvalue weighted by Gasteiger charge is 2.35. The van der Waals surface area contributed by atoms with E-state index in [9.17, 15) is 0 Å². The molecular formula is C22H27ClN4. The van der Waals surface area contributed by atoms with E-state index in [4.69, 9.17) is 17.4 Å². The molecule has 4 nitrogen and oxygen atoms in total. The smallest absolute Gasteiger partial charge is 0.0606 e. The first kappa shape index (κ1) is 19.3. The Hall–Kier alpha value is -2.43. The van der Waals surface area contributed by atoms with Gasteiger partial charge in [0.15, 0.2) is 0 Å². The van der Waals surface area contributed by atoms with E-state index in [-0.39, 0.29) is 5.41 Å². The maximum Gasteiger partial charge on any atom is 0.0606 e. The first-order valence-corrected chi connectivity index (χ1v) is 9.35. The number of hydrogen-bond acceptors (Lipinski definition) is 4. The second-order valence-electron chi connectivity index (χ2n) is 7.33. The Morgan fingerprint density at radius 1 is 0.852 bits per heavy atom. The first-order valence-electron chi connectivity index (χ1n) is 8.97. The van der Waals surface area contributed by atoms with Crippen LogP contribution >= 0.6 is 11.6 Å². The number of allylic oxidation sites excluding steroid dienone is 4. The Labute approximate surface area is 166 Å². The Balaban J connectivity index is 2.11. The summed E-state index contributed by atoms with van der Waals surface area (Å²) < 4.78 is 0. The molecule has 2 aromatic rings. The van der Waals surface area contributed by atoms with Crippen LogP contribution in [0.2, 0.25) is 0 Å². The van der Waals surface area contributed by atoms with Crippen LogP contribution < -0.4 is 21.1 Å². The summed E-state index contributed by atoms with van der Waals surface area (Å²) in [6, 6.07) is 17.3. The number of rotatable bonds is 5. The van der Waals surface area contributed by atoms with Gasteiger partial charge >= 0.3 is 0 Å². The molecule has 0 amide bonds. The van der Waals surface area contributed by atoms with Crippen LogP contribution in [0.15, 0.2) is 71.4 Å². The molecule has 3 rings (SSSR count). The topological polar surface area (TPSA) is 44.5 Å². The molecule has 0 heterocycles. The number of hydrogen-bond donors (Lipinski definition) is 2. The van der Waals surface area contributed by atoms with E-state index in [1.807, 2.05) is 34.3 Å². The van der Waals surface area contributed by atoms with Gasteiger partial charge in [-0.2, -0.15) is 0 Å². The van der Waals surface area contributed by atoms with Gasteiger partial charge in [0.1, 0.15) is 0 Å². The van der Waals surface area contributed by atoms with Crippen LogP contribution in [-0.2, 0) is 5.41 Å². The van der Waals surface area contributed by atoms with Crippen molar-refractivity contribution in [2.24, 2.45) is 5.84 Å². The predicted octanol–water partition coefficient (Wildman–Crippen LogP) is 3.98. The summed E-state index contributed by atoms with van der Waals surface area (Å²) in [5.41, 5.74) is 8.06. The molecule has 0 spiro atoms. The molecule has 1 aliphatic carbocycles. The van der Waals surface area contributed by atoms with E-state index in [0.29, 0.717) is 11.5 Å². The van der Waals surface area contributed by atoms with Gasteiger partial charge in [-0.3, -0.25) is 5.84 Å². The zero-order valence-electron chi connectivity index (χ0n) is 16.3. The van der Waals surface area contributed by atoms with E-state index in [0.717, 1.165) is 5.70 Å². The number of nitrogens with one attached hydrogen (secondary N) is 1. The lowest BCUT2D eigenvalue weighted by Gasteiger charge is -2.36. The zero-order valence-corrected chi connectivity index (χ0v) is 17.1. The molecule has 0 aromatic heterocycles. The maximum atomic E-state index is 6.36. The minimum Gasteiger partial charge on any atom is -0.378 e. The Morgan fingerprint density at radius 3 is 1.67 bits per heavy atom. The van der Waals surface area contributed by atoms with Crippen molar-refractivity contribution in [2.45, 2.75) is 11.8 Å². The quantitative estimate of drug-likeness (QED) is 0.606. The number of hydrazine groups is 1. The first-order chi connectivity index (χ1) is 12.9. The molecule has 0 bridgehead atoms. The van der Waals surface area contributed by atoms with Crippen LogP contribution in [-0.4, -0.2) is 28.2 Å². The average molecular weight is 383 g/mol. The number of anilines is 2. The molecule has 0 aliphatic heterocycles. The standard InChI is InChI=1S/C22H27ClN4/c1-26(2)18-9-5-16(6-10-18)22(14-13-20(23)21(15-22)25-24)17-7-11-19(12-8-17)27(3)4/h5-14,25H,15,24H2,1-4H3. The van der Waals surface area contributed by atoms with Crippen molar-refractivity contribution >= 4 is 23.0 Å². The van der Waals surface area contributed by atoms with Crippen molar-refractivity contribution < 1.29 is 0 Å². The molecule has 1 aliphatic rings. The number of nitrogens with two attached hydrogens (primary N) is 1. The molecule has 27 heavy (non-hydrogen) atoms. The summed E-state index contributed by atoms with van der Waals surface area (Å²) >= 11 is 6.36. The normalized spacial score (nSPS) is 15.6. The van der Waals surface area contributed by atoms with Gasteiger partial charge in [-0.1, -0.05) is 41.9 Å². The third-order valence-corrected chi connectivity index (χ3v) is 5.58. The van der Waals surface area contributed by atoms with Gasteiger partial charge < -0.3 is 15.2 Å². The summed E-state index contributed by atoms with van der Waals surface area (Å²) in [4.78, 5) is 4.20. The van der Waals surface area contributed by atoms with E-state index in [2.05, 4.69) is 69.8 Å². The average Bonchev–Trinajstić information content (AvgIpc) is 2.69. The molecule has 2 aromatic carbocycles. The molecule has 3 N–H and O–H groups in total. The lowest BCUT2D eigenvalue weighted by atomic mass is 9.69. The molecule has 0 unspecified atom stereocenters. The van der Waals surface area contributed by atoms with Crippen molar-refractivity contribution in [3.63, 3.8) is 0 Å². The van der Waals surface area contributed by atoms with Gasteiger partial charge in [-0.25, -0.2) is 0 Å². The van der Waals surface area contributed by atoms with Gasteiger partial charge in [-0.05, 0) is 41.5 Å². The molecule has 0 saturated carbocycles. The number of nitrogens with zero attached hydrogens (tertiary/aromatic N) is 2. The Bertz CT molecular complexity index is 797. The largest absolute Gasteiger partial charge is 0.378 e. The van der Waals surface area contributed by atoms with Crippen molar-refractivity contribution in [2.75, 3.05) is 38.0 Å². The van der Waals surface area contributed by atoms with Gasteiger partial charge in [0.2, 0.25) is 0 Å². The third-order valence-electron chi connectivity index (χ3n) is 5.23. The van der Waals surface area contributed by atoms with Crippen molar-refractivity contribution in [1.29, 1.82) is 0 Å². The molecular weight excluding hydrogens is 356 g/mol. The Kier molecular flexibility index (Phi) is 5.49. The summed E-state index contributed by atoms with van der Waals surface area (Å²) in [6.45, 7) is 0. The van der Waals surface area contributed by atoms with Crippen LogP contribution in [0.5, 0.6) is 0 Å². The van der Waals surface area contributed by atoms with Crippen LogP contribution in [0.25, 0.3) is 0 Å². The second kappa shape index (κ2) is 7.67. The molecule has 142 valence electrons. The lowest BCUT2D eigenvalue weighted by Crippen LogP contribution is -2.34. The van der Waals surface area contributed by atoms with Crippen LogP contribution in [0.3, 0.4) is 0 Å². The molecule has 0 saturated heterocycles. The summed E-state index contributed by atoms with van der Waals surface area (Å²) in [5, 5.41) is 0.656. The highest BCUT2D eigenvalue weighted by molar-refractivity contribution is 6.31. The fourth-order valence-corrected chi connectivity index (χ4v) is 3.72. The predicted molar refractivity (Wildman–Crippen MR) is 116 cm³/mol. The second-order valence-corrected chi connectivity index (χ2v) is 7.74. The van der Waals surface area contributed by atoms with Crippen LogP contribution in [0, 0.1) is 0 Å². The van der Waals surface area contributed by atoms with Gasteiger partial charge in [0, 0.05) is 57.1 Å². The lowest BCUT2D eigenvalue weighted by molar-refractivity contribution is 0.591. The summed E-state index contributed by atoms with van der Waals surface area (Å²) in [5.74, 6) is 5.76. The van der Waals surface area contributed by atoms with E-state index < -0.39 is 0 Å². The van der Waals surface area contributed by atoms with Crippen molar-refractivity contribution in [3.8, 4) is 0 Å². The van der Waals surface area contributed by atoms with Crippen molar-refractivity contribution in [1.82, 2.24) is 5.43 Å². The SMILES string of the molecule is CN(C)c1ccc(C2(c3ccc(N(C)C)cc3)C=CC(Cl)=C(NN)C2)cc1. The van der Waals surface area contributed by atoms with E-state index >= 15 is 0 Å². The van der Waals surface area contributed by atoms with Crippen LogP contribution in [0.1, 0.15) is 17.5 Å². The molecule has 0 fully saturated rings. The maximum absolute atomic E-state index is 6.36. The van der Waals surface area contributed by atoms with E-state index in [1.54, 1.807) is 0 Å². The summed E-state index contributed by atoms with van der Waals surface area (Å²) in [6.07, 6.45) is 4.81. The Morgan fingerprint density at radius 2 is 1.30 bits per heavy atom.